The molecule has 0 bridgehead atoms. The molecule has 20 heavy (non-hydrogen) atoms. The maximum Gasteiger partial charge on any atom is 2.00 e. The summed E-state index contributed by atoms with van der Waals surface area (Å²) >= 11 is 1.74. The second kappa shape index (κ2) is 7.20. The molecule has 3 aromatic carbocycles. The normalized spacial score (nSPS) is 9.60. The average Bonchev–Trinajstić information content (AvgIpc) is 3.20. The Balaban J connectivity index is 0.000000210. The Hall–Kier alpha value is -1.67. The van der Waals surface area contributed by atoms with Crippen molar-refractivity contribution < 1.29 is 17.1 Å². The zero-order valence-electron chi connectivity index (χ0n) is 10.7. The summed E-state index contributed by atoms with van der Waals surface area (Å²) in [5, 5.41) is 1.11. The van der Waals surface area contributed by atoms with Crippen LogP contribution in [0.3, 0.4) is 0 Å². The first kappa shape index (κ1) is 14.7. The van der Waals surface area contributed by atoms with Crippen LogP contribution in [0.15, 0.2) is 78.9 Å². The van der Waals surface area contributed by atoms with Crippen LogP contribution >= 0.6 is 11.3 Å². The van der Waals surface area contributed by atoms with E-state index < -0.39 is 0 Å². The number of fused-ring (bicyclic) bond motifs is 1. The van der Waals surface area contributed by atoms with E-state index in [1.807, 2.05) is 48.5 Å². The predicted molar refractivity (Wildman–Crippen MR) is 82.7 cm³/mol. The van der Waals surface area contributed by atoms with Crippen molar-refractivity contribution in [1.29, 1.82) is 0 Å². The Kier molecular flexibility index (Phi) is 5.31. The summed E-state index contributed by atoms with van der Waals surface area (Å²) in [4.78, 5) is 4.57. The fourth-order valence-corrected chi connectivity index (χ4v) is 2.80. The minimum Gasteiger partial charge on any atom is -0.250 e. The molecule has 0 aliphatic rings. The summed E-state index contributed by atoms with van der Waals surface area (Å²) in [6, 6.07) is 26.5. The molecule has 1 nitrogen and oxygen atoms in total. The smallest absolute Gasteiger partial charge is 0.250 e. The fraction of sp³-hybridized carbons (Fsp3) is 0. The van der Waals surface area contributed by atoms with Gasteiger partial charge in [-0.05, 0) is 12.1 Å². The molecule has 4 aromatic rings. The van der Waals surface area contributed by atoms with Crippen molar-refractivity contribution in [3.05, 3.63) is 78.9 Å². The Morgan fingerprint density at radius 2 is 1.60 bits per heavy atom. The standard InChI is InChI=1S/C12H8NS.C5H5.Fe/c1-2-6-9(5-1)12-13-10-7-3-4-8-11(10)14-12;1-2-4-5-3-1;/h1-8H;1-5H;/q2*-1;+2. The third kappa shape index (κ3) is 3.45. The van der Waals surface area contributed by atoms with Crippen LogP contribution in [0.25, 0.3) is 20.8 Å². The van der Waals surface area contributed by atoms with Gasteiger partial charge in [0, 0.05) is 0 Å². The van der Waals surface area contributed by atoms with Crippen LogP contribution in [0.2, 0.25) is 0 Å². The van der Waals surface area contributed by atoms with Crippen molar-refractivity contribution in [3.63, 3.8) is 0 Å². The summed E-state index contributed by atoms with van der Waals surface area (Å²) < 4.78 is 1.25. The topological polar surface area (TPSA) is 12.9 Å². The van der Waals surface area contributed by atoms with Gasteiger partial charge < -0.3 is 0 Å². The van der Waals surface area contributed by atoms with E-state index in [4.69, 9.17) is 0 Å². The molecule has 0 atom stereocenters. The van der Waals surface area contributed by atoms with Gasteiger partial charge in [-0.2, -0.15) is 30.3 Å². The summed E-state index contributed by atoms with van der Waals surface area (Å²) in [6.07, 6.45) is 0. The van der Waals surface area contributed by atoms with Crippen LogP contribution in [0.4, 0.5) is 0 Å². The van der Waals surface area contributed by atoms with E-state index in [0.29, 0.717) is 0 Å². The Bertz CT molecular complexity index is 673. The third-order valence-corrected chi connectivity index (χ3v) is 3.84. The molecule has 0 aliphatic carbocycles. The van der Waals surface area contributed by atoms with Crippen LogP contribution in [0, 0.1) is 0 Å². The molecule has 0 unspecified atom stereocenters. The molecule has 1 aromatic heterocycles. The van der Waals surface area contributed by atoms with Gasteiger partial charge in [0.2, 0.25) is 0 Å². The zero-order chi connectivity index (χ0) is 12.9. The SMILES string of the molecule is [Fe+2].c1cc[cH-]c1.c1ccc2sc(-[c-]3cccc3)nc2c1. The van der Waals surface area contributed by atoms with Gasteiger partial charge in [0.25, 0.3) is 0 Å². The summed E-state index contributed by atoms with van der Waals surface area (Å²) in [5.41, 5.74) is 2.31. The van der Waals surface area contributed by atoms with Crippen LogP contribution in [-0.4, -0.2) is 4.98 Å². The van der Waals surface area contributed by atoms with E-state index in [1.165, 1.54) is 10.3 Å². The van der Waals surface area contributed by atoms with Crippen molar-refractivity contribution in [2.24, 2.45) is 0 Å². The molecule has 0 fully saturated rings. The molecule has 0 N–H and O–H groups in total. The molecule has 0 spiro atoms. The monoisotopic (exact) mass is 319 g/mol. The molecule has 100 valence electrons. The van der Waals surface area contributed by atoms with Gasteiger partial charge in [-0.3, -0.25) is 0 Å². The van der Waals surface area contributed by atoms with Crippen molar-refractivity contribution in [3.8, 4) is 10.6 Å². The molecule has 0 aliphatic heterocycles. The van der Waals surface area contributed by atoms with Gasteiger partial charge in [0.15, 0.2) is 0 Å². The maximum absolute atomic E-state index is 4.57. The molecule has 0 radical (unpaired) electrons. The second-order valence-electron chi connectivity index (χ2n) is 4.12. The first-order chi connectivity index (χ1) is 9.43. The van der Waals surface area contributed by atoms with Gasteiger partial charge in [-0.15, -0.1) is 16.9 Å². The quantitative estimate of drug-likeness (QED) is 0.352. The number of nitrogens with zero attached hydrogens (tertiary/aromatic N) is 1. The van der Waals surface area contributed by atoms with E-state index in [9.17, 15) is 0 Å². The Labute approximate surface area is 133 Å². The minimum absolute atomic E-state index is 0. The average molecular weight is 319 g/mol. The van der Waals surface area contributed by atoms with E-state index in [0.717, 1.165) is 10.5 Å². The van der Waals surface area contributed by atoms with Crippen molar-refractivity contribution in [2.45, 2.75) is 0 Å². The molecule has 1 heterocycles. The van der Waals surface area contributed by atoms with Crippen LogP contribution in [0.1, 0.15) is 0 Å². The summed E-state index contributed by atoms with van der Waals surface area (Å²) in [6.45, 7) is 0. The molecular formula is C17H13FeNS. The summed E-state index contributed by atoms with van der Waals surface area (Å²) in [5.74, 6) is 0. The second-order valence-corrected chi connectivity index (χ2v) is 5.15. The van der Waals surface area contributed by atoms with Gasteiger partial charge >= 0.3 is 17.1 Å². The molecular weight excluding hydrogens is 306 g/mol. The molecule has 0 amide bonds. The largest absolute Gasteiger partial charge is 2.00 e. The first-order valence-electron chi connectivity index (χ1n) is 6.18. The number of thiazole rings is 1. The van der Waals surface area contributed by atoms with Crippen molar-refractivity contribution >= 4 is 21.6 Å². The van der Waals surface area contributed by atoms with E-state index in [-0.39, 0.29) is 17.1 Å². The minimum atomic E-state index is 0. The molecule has 4 rings (SSSR count). The van der Waals surface area contributed by atoms with Crippen LogP contribution < -0.4 is 0 Å². The number of benzene rings is 1. The third-order valence-electron chi connectivity index (χ3n) is 2.76. The van der Waals surface area contributed by atoms with E-state index in [2.05, 4.69) is 35.3 Å². The van der Waals surface area contributed by atoms with Crippen LogP contribution in [-0.2, 0) is 17.1 Å². The van der Waals surface area contributed by atoms with Crippen LogP contribution in [0.5, 0.6) is 0 Å². The number of aromatic nitrogens is 1. The van der Waals surface area contributed by atoms with Crippen molar-refractivity contribution in [1.82, 2.24) is 4.98 Å². The Morgan fingerprint density at radius 1 is 0.900 bits per heavy atom. The molecule has 3 heteroatoms. The fourth-order valence-electron chi connectivity index (χ4n) is 1.83. The number of para-hydroxylation sites is 1. The maximum atomic E-state index is 4.57. The number of hydrogen-bond acceptors (Lipinski definition) is 2. The summed E-state index contributed by atoms with van der Waals surface area (Å²) in [7, 11) is 0. The number of hydrogen-bond donors (Lipinski definition) is 0. The van der Waals surface area contributed by atoms with E-state index in [1.54, 1.807) is 11.3 Å². The van der Waals surface area contributed by atoms with Gasteiger partial charge in [0.1, 0.15) is 0 Å². The zero-order valence-corrected chi connectivity index (χ0v) is 12.6. The van der Waals surface area contributed by atoms with E-state index >= 15 is 0 Å². The van der Waals surface area contributed by atoms with Crippen molar-refractivity contribution in [2.75, 3.05) is 0 Å². The first-order valence-corrected chi connectivity index (χ1v) is 6.99. The Morgan fingerprint density at radius 3 is 2.20 bits per heavy atom. The molecule has 0 saturated heterocycles. The van der Waals surface area contributed by atoms with Gasteiger partial charge in [0.05, 0.1) is 15.2 Å². The predicted octanol–water partition coefficient (Wildman–Crippen LogP) is 5.09. The van der Waals surface area contributed by atoms with Gasteiger partial charge in [-0.25, -0.2) is 29.2 Å². The number of rotatable bonds is 1. The van der Waals surface area contributed by atoms with Gasteiger partial charge in [-0.1, -0.05) is 12.1 Å². The molecule has 0 saturated carbocycles.